The molecule has 1 heterocycles. The van der Waals surface area contributed by atoms with Gasteiger partial charge in [0.15, 0.2) is 0 Å². The predicted octanol–water partition coefficient (Wildman–Crippen LogP) is 2.98. The standard InChI is InChI=1S/C19H24N4/c1-2-22-7-9-23(10-8-22)19-6-5-15-3-4-16(11-17(15)12-19)18(13-20)14-21/h11-12,15H,2-10H2,1H3/t15-/m1/s1. The number of hydrogen-bond acceptors (Lipinski definition) is 4. The van der Waals surface area contributed by atoms with Crippen molar-refractivity contribution in [2.45, 2.75) is 32.6 Å². The quantitative estimate of drug-likeness (QED) is 0.736. The number of rotatable bonds is 2. The molecule has 4 nitrogen and oxygen atoms in total. The molecule has 2 aliphatic carbocycles. The van der Waals surface area contributed by atoms with Crippen LogP contribution in [0.3, 0.4) is 0 Å². The monoisotopic (exact) mass is 308 g/mol. The van der Waals surface area contributed by atoms with E-state index in [1.54, 1.807) is 0 Å². The molecule has 1 atom stereocenters. The summed E-state index contributed by atoms with van der Waals surface area (Å²) in [5, 5.41) is 18.2. The summed E-state index contributed by atoms with van der Waals surface area (Å²) in [7, 11) is 0. The Morgan fingerprint density at radius 1 is 1.09 bits per heavy atom. The van der Waals surface area contributed by atoms with E-state index in [1.165, 1.54) is 17.7 Å². The van der Waals surface area contributed by atoms with E-state index < -0.39 is 0 Å². The van der Waals surface area contributed by atoms with E-state index in [0.717, 1.165) is 57.6 Å². The zero-order valence-electron chi connectivity index (χ0n) is 13.9. The molecule has 0 aromatic heterocycles. The molecule has 120 valence electrons. The van der Waals surface area contributed by atoms with Gasteiger partial charge in [0, 0.05) is 31.9 Å². The highest BCUT2D eigenvalue weighted by Crippen LogP contribution is 2.38. The second-order valence-electron chi connectivity index (χ2n) is 6.60. The molecule has 4 heteroatoms. The molecule has 0 unspecified atom stereocenters. The first-order valence-electron chi connectivity index (χ1n) is 8.68. The number of allylic oxidation sites excluding steroid dienone is 6. The van der Waals surface area contributed by atoms with Gasteiger partial charge in [0.1, 0.15) is 17.7 Å². The van der Waals surface area contributed by atoms with Crippen LogP contribution in [0.15, 0.2) is 34.6 Å². The molecule has 0 N–H and O–H groups in total. The highest BCUT2D eigenvalue weighted by atomic mass is 15.3. The van der Waals surface area contributed by atoms with Crippen LogP contribution in [0.5, 0.6) is 0 Å². The van der Waals surface area contributed by atoms with Crippen LogP contribution in [0, 0.1) is 28.6 Å². The summed E-state index contributed by atoms with van der Waals surface area (Å²) in [4.78, 5) is 5.02. The number of likely N-dealkylation sites (N-methyl/N-ethyl adjacent to an activating group) is 1. The Balaban J connectivity index is 1.80. The van der Waals surface area contributed by atoms with Crippen LogP contribution in [0.25, 0.3) is 0 Å². The number of nitriles is 2. The Morgan fingerprint density at radius 3 is 2.43 bits per heavy atom. The number of hydrogen-bond donors (Lipinski definition) is 0. The molecular weight excluding hydrogens is 284 g/mol. The van der Waals surface area contributed by atoms with Gasteiger partial charge in [-0.15, -0.1) is 0 Å². The summed E-state index contributed by atoms with van der Waals surface area (Å²) in [6.07, 6.45) is 8.74. The summed E-state index contributed by atoms with van der Waals surface area (Å²) >= 11 is 0. The molecule has 1 fully saturated rings. The fourth-order valence-corrected chi connectivity index (χ4v) is 3.91. The zero-order chi connectivity index (χ0) is 16.2. The van der Waals surface area contributed by atoms with Crippen molar-refractivity contribution in [2.24, 2.45) is 5.92 Å². The Morgan fingerprint density at radius 2 is 1.78 bits per heavy atom. The molecule has 0 amide bonds. The molecule has 0 spiro atoms. The molecule has 0 aromatic rings. The van der Waals surface area contributed by atoms with Gasteiger partial charge in [-0.2, -0.15) is 10.5 Å². The summed E-state index contributed by atoms with van der Waals surface area (Å²) in [5.41, 5.74) is 3.98. The van der Waals surface area contributed by atoms with Crippen molar-refractivity contribution in [1.82, 2.24) is 9.80 Å². The maximum Gasteiger partial charge on any atom is 0.132 e. The van der Waals surface area contributed by atoms with Crippen LogP contribution in [0.2, 0.25) is 0 Å². The fraction of sp³-hybridized carbons (Fsp3) is 0.579. The average molecular weight is 308 g/mol. The minimum Gasteiger partial charge on any atom is -0.372 e. The number of nitrogens with zero attached hydrogens (tertiary/aromatic N) is 4. The third-order valence-corrected chi connectivity index (χ3v) is 5.43. The Kier molecular flexibility index (Phi) is 4.84. The third kappa shape index (κ3) is 3.33. The second-order valence-corrected chi connectivity index (χ2v) is 6.60. The SMILES string of the molecule is CCN1CCN(C2=CC3=CC(=C(C#N)C#N)CC[C@@H]3CC2)CC1. The summed E-state index contributed by atoms with van der Waals surface area (Å²) < 4.78 is 0. The largest absolute Gasteiger partial charge is 0.372 e. The number of piperazine rings is 1. The van der Waals surface area contributed by atoms with E-state index in [1.807, 2.05) is 12.1 Å². The van der Waals surface area contributed by atoms with Crippen molar-refractivity contribution in [3.63, 3.8) is 0 Å². The van der Waals surface area contributed by atoms with E-state index in [0.29, 0.717) is 5.92 Å². The molecule has 0 radical (unpaired) electrons. The minimum absolute atomic E-state index is 0.285. The summed E-state index contributed by atoms with van der Waals surface area (Å²) in [5.74, 6) is 0.609. The average Bonchev–Trinajstić information content (AvgIpc) is 2.62. The second kappa shape index (κ2) is 7.02. The van der Waals surface area contributed by atoms with Crippen LogP contribution >= 0.6 is 0 Å². The Labute approximate surface area is 139 Å². The van der Waals surface area contributed by atoms with Crippen molar-refractivity contribution in [3.05, 3.63) is 34.6 Å². The molecule has 0 saturated carbocycles. The summed E-state index contributed by atoms with van der Waals surface area (Å²) in [6.45, 7) is 7.88. The lowest BCUT2D eigenvalue weighted by atomic mass is 9.77. The third-order valence-electron chi connectivity index (χ3n) is 5.43. The first kappa shape index (κ1) is 15.8. The normalized spacial score (nSPS) is 24.9. The van der Waals surface area contributed by atoms with Crippen molar-refractivity contribution in [3.8, 4) is 12.1 Å². The Bertz CT molecular complexity index is 617. The lowest BCUT2D eigenvalue weighted by molar-refractivity contribution is 0.159. The van der Waals surface area contributed by atoms with Gasteiger partial charge in [0.25, 0.3) is 0 Å². The molecule has 1 aliphatic heterocycles. The molecule has 3 aliphatic rings. The minimum atomic E-state index is 0.285. The van der Waals surface area contributed by atoms with Crippen LogP contribution in [0.4, 0.5) is 0 Å². The van der Waals surface area contributed by atoms with Crippen molar-refractivity contribution < 1.29 is 0 Å². The molecule has 23 heavy (non-hydrogen) atoms. The van der Waals surface area contributed by atoms with Crippen LogP contribution < -0.4 is 0 Å². The van der Waals surface area contributed by atoms with Gasteiger partial charge in [0.05, 0.1) is 0 Å². The van der Waals surface area contributed by atoms with E-state index in [2.05, 4.69) is 28.9 Å². The zero-order valence-corrected chi connectivity index (χ0v) is 13.9. The van der Waals surface area contributed by atoms with Gasteiger partial charge in [-0.3, -0.25) is 0 Å². The number of fused-ring (bicyclic) bond motifs is 1. The highest BCUT2D eigenvalue weighted by Gasteiger charge is 2.27. The fourth-order valence-electron chi connectivity index (χ4n) is 3.91. The maximum absolute atomic E-state index is 9.09. The van der Waals surface area contributed by atoms with Crippen LogP contribution in [-0.2, 0) is 0 Å². The van der Waals surface area contributed by atoms with Gasteiger partial charge >= 0.3 is 0 Å². The maximum atomic E-state index is 9.09. The molecular formula is C19H24N4. The highest BCUT2D eigenvalue weighted by molar-refractivity contribution is 5.49. The van der Waals surface area contributed by atoms with Gasteiger partial charge in [-0.05, 0) is 55.4 Å². The molecule has 1 saturated heterocycles. The van der Waals surface area contributed by atoms with E-state index >= 15 is 0 Å². The first-order chi connectivity index (χ1) is 11.2. The van der Waals surface area contributed by atoms with Gasteiger partial charge in [0.2, 0.25) is 0 Å². The lowest BCUT2D eigenvalue weighted by Crippen LogP contribution is -2.45. The van der Waals surface area contributed by atoms with E-state index in [9.17, 15) is 0 Å². The molecule has 0 bridgehead atoms. The summed E-state index contributed by atoms with van der Waals surface area (Å²) in [6, 6.07) is 4.08. The predicted molar refractivity (Wildman–Crippen MR) is 90.1 cm³/mol. The van der Waals surface area contributed by atoms with Gasteiger partial charge < -0.3 is 9.80 Å². The van der Waals surface area contributed by atoms with E-state index in [4.69, 9.17) is 10.5 Å². The van der Waals surface area contributed by atoms with Gasteiger partial charge in [-0.25, -0.2) is 0 Å². The van der Waals surface area contributed by atoms with Gasteiger partial charge in [-0.1, -0.05) is 13.0 Å². The van der Waals surface area contributed by atoms with Crippen LogP contribution in [0.1, 0.15) is 32.6 Å². The topological polar surface area (TPSA) is 54.1 Å². The molecule has 0 aromatic carbocycles. The van der Waals surface area contributed by atoms with Crippen LogP contribution in [-0.4, -0.2) is 42.5 Å². The lowest BCUT2D eigenvalue weighted by Gasteiger charge is -2.39. The van der Waals surface area contributed by atoms with Crippen molar-refractivity contribution in [1.29, 1.82) is 10.5 Å². The van der Waals surface area contributed by atoms with E-state index in [-0.39, 0.29) is 5.57 Å². The van der Waals surface area contributed by atoms with Crippen molar-refractivity contribution in [2.75, 3.05) is 32.7 Å². The molecule has 3 rings (SSSR count). The first-order valence-corrected chi connectivity index (χ1v) is 8.68. The van der Waals surface area contributed by atoms with Crippen molar-refractivity contribution >= 4 is 0 Å². The smallest absolute Gasteiger partial charge is 0.132 e. The Hall–Kier alpha value is -2.04.